The lowest BCUT2D eigenvalue weighted by Crippen LogP contribution is -2.48. The quantitative estimate of drug-likeness (QED) is 0.828. The van der Waals surface area contributed by atoms with Gasteiger partial charge in [0.2, 0.25) is 0 Å². The highest BCUT2D eigenvalue weighted by atomic mass is 19.4. The van der Waals surface area contributed by atoms with E-state index in [0.29, 0.717) is 17.9 Å². The van der Waals surface area contributed by atoms with Gasteiger partial charge < -0.3 is 14.4 Å². The van der Waals surface area contributed by atoms with Gasteiger partial charge in [0.1, 0.15) is 0 Å². The molecule has 1 aromatic carbocycles. The van der Waals surface area contributed by atoms with Crippen LogP contribution in [0, 0.1) is 5.92 Å². The molecular weight excluding hydrogens is 319 g/mol. The fourth-order valence-electron chi connectivity index (χ4n) is 4.64. The molecule has 3 nitrogen and oxygen atoms in total. The van der Waals surface area contributed by atoms with Gasteiger partial charge in [0.25, 0.3) is 0 Å². The molecule has 0 bridgehead atoms. The van der Waals surface area contributed by atoms with Crippen LogP contribution in [0.5, 0.6) is 11.5 Å². The van der Waals surface area contributed by atoms with Crippen LogP contribution in [0.15, 0.2) is 18.2 Å². The lowest BCUT2D eigenvalue weighted by atomic mass is 9.62. The first-order valence-corrected chi connectivity index (χ1v) is 8.31. The van der Waals surface area contributed by atoms with Crippen LogP contribution in [-0.2, 0) is 5.41 Å². The minimum absolute atomic E-state index is 0.147. The molecule has 24 heavy (non-hydrogen) atoms. The molecule has 1 saturated heterocycles. The molecule has 2 fully saturated rings. The van der Waals surface area contributed by atoms with Crippen molar-refractivity contribution in [3.8, 4) is 11.5 Å². The van der Waals surface area contributed by atoms with Crippen molar-refractivity contribution >= 4 is 0 Å². The third-order valence-corrected chi connectivity index (χ3v) is 5.90. The standard InChI is InChI=1S/C18H24F3NO2/c1-22-9-8-17(11-13(18(19,20)21)5-7-16(17)22)12-4-6-14(23-2)15(10-12)24-3/h4,6,10,13,16H,5,7-9,11H2,1-3H3/t13-,16?,17-/m1/s1. The van der Waals surface area contributed by atoms with E-state index >= 15 is 0 Å². The first kappa shape index (κ1) is 17.4. The molecule has 1 aromatic rings. The minimum atomic E-state index is -4.13. The van der Waals surface area contributed by atoms with E-state index in [1.807, 2.05) is 19.2 Å². The van der Waals surface area contributed by atoms with Crippen LogP contribution in [0.1, 0.15) is 31.2 Å². The van der Waals surface area contributed by atoms with E-state index in [1.54, 1.807) is 20.3 Å². The maximum absolute atomic E-state index is 13.4. The van der Waals surface area contributed by atoms with Gasteiger partial charge in [0.05, 0.1) is 20.1 Å². The van der Waals surface area contributed by atoms with Gasteiger partial charge in [-0.15, -0.1) is 0 Å². The fraction of sp³-hybridized carbons (Fsp3) is 0.667. The highest BCUT2D eigenvalue weighted by Gasteiger charge is 2.55. The number of likely N-dealkylation sites (tertiary alicyclic amines) is 1. The summed E-state index contributed by atoms with van der Waals surface area (Å²) in [5, 5.41) is 0. The number of likely N-dealkylation sites (N-methyl/N-ethyl adjacent to an activating group) is 1. The third-order valence-electron chi connectivity index (χ3n) is 5.90. The van der Waals surface area contributed by atoms with E-state index < -0.39 is 17.5 Å². The second-order valence-electron chi connectivity index (χ2n) is 6.99. The van der Waals surface area contributed by atoms with Gasteiger partial charge in [-0.3, -0.25) is 0 Å². The molecule has 1 heterocycles. The fourth-order valence-corrected chi connectivity index (χ4v) is 4.64. The van der Waals surface area contributed by atoms with Gasteiger partial charge in [-0.2, -0.15) is 13.2 Å². The molecule has 1 aliphatic heterocycles. The van der Waals surface area contributed by atoms with E-state index in [4.69, 9.17) is 9.47 Å². The summed E-state index contributed by atoms with van der Waals surface area (Å²) < 4.78 is 50.8. The van der Waals surface area contributed by atoms with Crippen molar-refractivity contribution in [2.45, 2.75) is 43.3 Å². The maximum atomic E-state index is 13.4. The summed E-state index contributed by atoms with van der Waals surface area (Å²) in [6.07, 6.45) is -2.44. The van der Waals surface area contributed by atoms with Crippen molar-refractivity contribution in [1.82, 2.24) is 4.90 Å². The third kappa shape index (κ3) is 2.75. The average Bonchev–Trinajstić information content (AvgIpc) is 2.91. The Balaban J connectivity index is 2.03. The average molecular weight is 343 g/mol. The summed E-state index contributed by atoms with van der Waals surface area (Å²) >= 11 is 0. The number of fused-ring (bicyclic) bond motifs is 1. The number of benzene rings is 1. The zero-order valence-corrected chi connectivity index (χ0v) is 14.3. The highest BCUT2D eigenvalue weighted by Crippen LogP contribution is 2.54. The number of ether oxygens (including phenoxy) is 2. The van der Waals surface area contributed by atoms with Crippen molar-refractivity contribution in [1.29, 1.82) is 0 Å². The zero-order chi connectivity index (χ0) is 17.5. The summed E-state index contributed by atoms with van der Waals surface area (Å²) in [4.78, 5) is 2.21. The molecule has 1 aliphatic carbocycles. The lowest BCUT2D eigenvalue weighted by molar-refractivity contribution is -0.189. The molecule has 0 aromatic heterocycles. The molecule has 134 valence electrons. The minimum Gasteiger partial charge on any atom is -0.493 e. The van der Waals surface area contributed by atoms with Crippen molar-refractivity contribution in [2.75, 3.05) is 27.8 Å². The zero-order valence-electron chi connectivity index (χ0n) is 14.3. The largest absolute Gasteiger partial charge is 0.493 e. The summed E-state index contributed by atoms with van der Waals surface area (Å²) in [7, 11) is 5.13. The van der Waals surface area contributed by atoms with Crippen LogP contribution >= 0.6 is 0 Å². The van der Waals surface area contributed by atoms with E-state index in [-0.39, 0.29) is 18.9 Å². The van der Waals surface area contributed by atoms with E-state index in [9.17, 15) is 13.2 Å². The first-order valence-electron chi connectivity index (χ1n) is 8.31. The molecule has 0 N–H and O–H groups in total. The molecule has 1 unspecified atom stereocenters. The van der Waals surface area contributed by atoms with Crippen molar-refractivity contribution in [3.63, 3.8) is 0 Å². The van der Waals surface area contributed by atoms with E-state index in [0.717, 1.165) is 18.5 Å². The maximum Gasteiger partial charge on any atom is 0.391 e. The molecule has 0 amide bonds. The van der Waals surface area contributed by atoms with Crippen LogP contribution in [-0.4, -0.2) is 44.9 Å². The molecule has 2 aliphatic rings. The predicted octanol–water partition coefficient (Wildman–Crippen LogP) is 4.01. The SMILES string of the molecule is COc1ccc([C@]23CCN(C)C2CC[C@@H](C(F)(F)F)C3)cc1OC. The molecule has 1 saturated carbocycles. The van der Waals surface area contributed by atoms with Crippen molar-refractivity contribution in [3.05, 3.63) is 23.8 Å². The van der Waals surface area contributed by atoms with Crippen LogP contribution in [0.2, 0.25) is 0 Å². The Kier molecular flexibility index (Phi) is 4.45. The number of rotatable bonds is 3. The molecule has 3 rings (SSSR count). The van der Waals surface area contributed by atoms with Crippen molar-refractivity contribution in [2.24, 2.45) is 5.92 Å². The number of hydrogen-bond acceptors (Lipinski definition) is 3. The molecule has 0 spiro atoms. The van der Waals surface area contributed by atoms with Gasteiger partial charge in [-0.25, -0.2) is 0 Å². The number of alkyl halides is 3. The summed E-state index contributed by atoms with van der Waals surface area (Å²) in [5.41, 5.74) is 0.468. The van der Waals surface area contributed by atoms with E-state index in [1.165, 1.54) is 0 Å². The smallest absolute Gasteiger partial charge is 0.391 e. The van der Waals surface area contributed by atoms with Gasteiger partial charge in [0, 0.05) is 11.5 Å². The summed E-state index contributed by atoms with van der Waals surface area (Å²) in [5.74, 6) is -0.0520. The normalized spacial score (nSPS) is 30.9. The van der Waals surface area contributed by atoms with Gasteiger partial charge >= 0.3 is 6.18 Å². The van der Waals surface area contributed by atoms with Gasteiger partial charge in [-0.1, -0.05) is 6.07 Å². The van der Waals surface area contributed by atoms with Crippen LogP contribution in [0.4, 0.5) is 13.2 Å². The predicted molar refractivity (Wildman–Crippen MR) is 85.7 cm³/mol. The van der Waals surface area contributed by atoms with Crippen LogP contribution < -0.4 is 9.47 Å². The molecule has 0 radical (unpaired) electrons. The molecule has 3 atom stereocenters. The second-order valence-corrected chi connectivity index (χ2v) is 6.99. The number of methoxy groups -OCH3 is 2. The Labute approximate surface area is 140 Å². The molecular formula is C18H24F3NO2. The van der Waals surface area contributed by atoms with Gasteiger partial charge in [-0.05, 0) is 57.0 Å². The number of nitrogens with zero attached hydrogens (tertiary/aromatic N) is 1. The summed E-state index contributed by atoms with van der Waals surface area (Å²) in [6, 6.07) is 5.72. The molecule has 6 heteroatoms. The van der Waals surface area contributed by atoms with Crippen LogP contribution in [0.3, 0.4) is 0 Å². The number of halogens is 3. The number of hydrogen-bond donors (Lipinski definition) is 0. The Morgan fingerprint density at radius 3 is 2.46 bits per heavy atom. The Morgan fingerprint density at radius 2 is 1.83 bits per heavy atom. The van der Waals surface area contributed by atoms with Crippen molar-refractivity contribution < 1.29 is 22.6 Å². The summed E-state index contributed by atoms with van der Waals surface area (Å²) in [6.45, 7) is 0.823. The van der Waals surface area contributed by atoms with Crippen LogP contribution in [0.25, 0.3) is 0 Å². The Hall–Kier alpha value is -1.43. The highest BCUT2D eigenvalue weighted by molar-refractivity contribution is 5.46. The topological polar surface area (TPSA) is 21.7 Å². The monoisotopic (exact) mass is 343 g/mol. The van der Waals surface area contributed by atoms with Gasteiger partial charge in [0.15, 0.2) is 11.5 Å². The van der Waals surface area contributed by atoms with E-state index in [2.05, 4.69) is 4.90 Å². The second kappa shape index (κ2) is 6.14. The first-order chi connectivity index (χ1) is 11.3. The lowest BCUT2D eigenvalue weighted by Gasteiger charge is -2.45. The Bertz CT molecular complexity index is 604. The Morgan fingerprint density at radius 1 is 1.12 bits per heavy atom.